The molecule has 140 valence electrons. The number of aromatic nitrogens is 2. The zero-order valence-electron chi connectivity index (χ0n) is 14.4. The molecule has 2 aromatic rings. The molecule has 1 aromatic carbocycles. The monoisotopic (exact) mass is 407 g/mol. The van der Waals surface area contributed by atoms with Crippen LogP contribution < -0.4 is 0 Å². The fourth-order valence-corrected chi connectivity index (χ4v) is 3.43. The van der Waals surface area contributed by atoms with Gasteiger partial charge in [-0.15, -0.1) is 0 Å². The molecule has 1 atom stereocenters. The number of rotatable bonds is 4. The summed E-state index contributed by atoms with van der Waals surface area (Å²) in [6.07, 6.45) is 1.65. The summed E-state index contributed by atoms with van der Waals surface area (Å²) in [5.41, 5.74) is 0.265. The van der Waals surface area contributed by atoms with E-state index < -0.39 is 29.2 Å². The number of carbonyl (C=O) groups is 3. The van der Waals surface area contributed by atoms with Crippen LogP contribution in [0.15, 0.2) is 36.0 Å². The first kappa shape index (κ1) is 19.1. The second-order valence-corrected chi connectivity index (χ2v) is 6.77. The van der Waals surface area contributed by atoms with Gasteiger partial charge in [0.05, 0.1) is 21.4 Å². The Bertz CT molecular complexity index is 996. The number of carboxylic acids is 1. The molecule has 0 fully saturated rings. The van der Waals surface area contributed by atoms with Crippen LogP contribution in [0.1, 0.15) is 24.2 Å². The maximum absolute atomic E-state index is 12.7. The van der Waals surface area contributed by atoms with Gasteiger partial charge in [-0.25, -0.2) is 4.79 Å². The van der Waals surface area contributed by atoms with Gasteiger partial charge in [0.15, 0.2) is 0 Å². The number of ketones is 2. The molecule has 0 radical (unpaired) electrons. The van der Waals surface area contributed by atoms with Gasteiger partial charge in [0.2, 0.25) is 11.6 Å². The van der Waals surface area contributed by atoms with E-state index in [9.17, 15) is 19.5 Å². The lowest BCUT2D eigenvalue weighted by Gasteiger charge is -2.36. The highest BCUT2D eigenvalue weighted by atomic mass is 35.5. The van der Waals surface area contributed by atoms with Gasteiger partial charge in [-0.3, -0.25) is 14.3 Å². The van der Waals surface area contributed by atoms with Crippen molar-refractivity contribution in [2.24, 2.45) is 7.05 Å². The van der Waals surface area contributed by atoms with Crippen molar-refractivity contribution in [3.05, 3.63) is 57.3 Å². The molecule has 7 nitrogen and oxygen atoms in total. The van der Waals surface area contributed by atoms with Crippen LogP contribution in [0.5, 0.6) is 0 Å². The van der Waals surface area contributed by atoms with Crippen LogP contribution in [0.2, 0.25) is 10.0 Å². The average molecular weight is 408 g/mol. The Kier molecular flexibility index (Phi) is 5.08. The summed E-state index contributed by atoms with van der Waals surface area (Å²) in [6, 6.07) is 5.15. The second kappa shape index (κ2) is 7.17. The minimum Gasteiger partial charge on any atom is -0.477 e. The van der Waals surface area contributed by atoms with E-state index in [-0.39, 0.29) is 17.3 Å². The fourth-order valence-electron chi connectivity index (χ4n) is 3.13. The zero-order valence-corrected chi connectivity index (χ0v) is 16.0. The van der Waals surface area contributed by atoms with Crippen molar-refractivity contribution in [3.63, 3.8) is 0 Å². The number of benzene rings is 1. The van der Waals surface area contributed by atoms with Crippen molar-refractivity contribution in [3.8, 4) is 0 Å². The van der Waals surface area contributed by atoms with Crippen LogP contribution in [0.3, 0.4) is 0 Å². The first-order valence-corrected chi connectivity index (χ1v) is 8.79. The first-order valence-electron chi connectivity index (χ1n) is 8.04. The van der Waals surface area contributed by atoms with Crippen LogP contribution in [-0.2, 0) is 21.4 Å². The molecule has 27 heavy (non-hydrogen) atoms. The van der Waals surface area contributed by atoms with Gasteiger partial charge in [-0.2, -0.15) is 5.10 Å². The van der Waals surface area contributed by atoms with Crippen molar-refractivity contribution in [2.75, 3.05) is 6.54 Å². The molecule has 0 amide bonds. The van der Waals surface area contributed by atoms with Gasteiger partial charge >= 0.3 is 5.97 Å². The molecule has 0 spiro atoms. The molecule has 0 saturated carbocycles. The quantitative estimate of drug-likeness (QED) is 0.618. The number of hydrogen-bond acceptors (Lipinski definition) is 5. The number of aliphatic carboxylic acids is 1. The standard InChI is InChI=1S/C18H15Cl2N3O4/c1-3-23-14(9-4-5-10(19)11(20)8-9)13(18(26)27)16(24)17(25)15(23)12-6-7-22(2)21-12/h4-8,15H,3H2,1-2H3,(H,26,27). The number of hydrogen-bond donors (Lipinski definition) is 1. The molecule has 0 bridgehead atoms. The molecule has 9 heteroatoms. The molecule has 1 aromatic heterocycles. The summed E-state index contributed by atoms with van der Waals surface area (Å²) >= 11 is 12.0. The van der Waals surface area contributed by atoms with Crippen LogP contribution in [0.4, 0.5) is 0 Å². The predicted octanol–water partition coefficient (Wildman–Crippen LogP) is 2.74. The van der Waals surface area contributed by atoms with E-state index in [4.69, 9.17) is 23.2 Å². The normalized spacial score (nSPS) is 17.6. The summed E-state index contributed by atoms with van der Waals surface area (Å²) in [6.45, 7) is 2.03. The molecule has 3 rings (SSSR count). The Labute approximate surface area is 164 Å². The third-order valence-corrected chi connectivity index (χ3v) is 5.04. The Morgan fingerprint density at radius 3 is 2.44 bits per heavy atom. The minimum absolute atomic E-state index is 0.115. The van der Waals surface area contributed by atoms with Crippen molar-refractivity contribution < 1.29 is 19.5 Å². The van der Waals surface area contributed by atoms with E-state index in [1.54, 1.807) is 37.2 Å². The summed E-state index contributed by atoms with van der Waals surface area (Å²) in [5, 5.41) is 14.4. The zero-order chi connectivity index (χ0) is 19.9. The van der Waals surface area contributed by atoms with Crippen molar-refractivity contribution in [1.82, 2.24) is 14.7 Å². The van der Waals surface area contributed by atoms with E-state index >= 15 is 0 Å². The van der Waals surface area contributed by atoms with Gasteiger partial charge in [0, 0.05) is 25.4 Å². The highest BCUT2D eigenvalue weighted by Crippen LogP contribution is 2.38. The fraction of sp³-hybridized carbons (Fsp3) is 0.222. The lowest BCUT2D eigenvalue weighted by Crippen LogP contribution is -2.44. The van der Waals surface area contributed by atoms with Gasteiger partial charge in [-0.05, 0) is 25.1 Å². The van der Waals surface area contributed by atoms with E-state index in [0.29, 0.717) is 16.3 Å². The highest BCUT2D eigenvalue weighted by molar-refractivity contribution is 6.53. The predicted molar refractivity (Wildman–Crippen MR) is 99.4 cm³/mol. The highest BCUT2D eigenvalue weighted by Gasteiger charge is 2.45. The Hall–Kier alpha value is -2.64. The lowest BCUT2D eigenvalue weighted by molar-refractivity contribution is -0.142. The summed E-state index contributed by atoms with van der Waals surface area (Å²) < 4.78 is 1.51. The third-order valence-electron chi connectivity index (χ3n) is 4.30. The van der Waals surface area contributed by atoms with E-state index in [0.717, 1.165) is 0 Å². The van der Waals surface area contributed by atoms with Crippen LogP contribution in [0, 0.1) is 0 Å². The number of likely N-dealkylation sites (N-methyl/N-ethyl adjacent to an activating group) is 1. The number of halogens is 2. The lowest BCUT2D eigenvalue weighted by atomic mass is 9.89. The molecule has 1 aliphatic rings. The molecule has 1 unspecified atom stereocenters. The number of nitrogens with zero attached hydrogens (tertiary/aromatic N) is 3. The Morgan fingerprint density at radius 1 is 1.22 bits per heavy atom. The molecular formula is C18H15Cl2N3O4. The number of carboxylic acid groups (broad SMARTS) is 1. The number of aryl methyl sites for hydroxylation is 1. The molecule has 0 aliphatic carbocycles. The topological polar surface area (TPSA) is 92.5 Å². The Balaban J connectivity index is 2.29. The van der Waals surface area contributed by atoms with Crippen molar-refractivity contribution in [2.45, 2.75) is 13.0 Å². The molecule has 1 N–H and O–H groups in total. The first-order chi connectivity index (χ1) is 12.8. The van der Waals surface area contributed by atoms with Gasteiger partial charge in [0.1, 0.15) is 11.6 Å². The third kappa shape index (κ3) is 3.24. The SMILES string of the molecule is CCN1C(c2ccc(Cl)c(Cl)c2)=C(C(=O)O)C(=O)C(=O)C1c1ccn(C)n1. The second-order valence-electron chi connectivity index (χ2n) is 5.95. The maximum Gasteiger partial charge on any atom is 0.341 e. The number of Topliss-reactive ketones (excluding diaryl/α,β-unsaturated/α-hetero) is 2. The molecule has 0 saturated heterocycles. The molecule has 2 heterocycles. The summed E-state index contributed by atoms with van der Waals surface area (Å²) in [5.74, 6) is -3.38. The van der Waals surface area contributed by atoms with E-state index in [2.05, 4.69) is 5.10 Å². The molecule has 1 aliphatic heterocycles. The van der Waals surface area contributed by atoms with E-state index in [1.807, 2.05) is 0 Å². The van der Waals surface area contributed by atoms with Crippen LogP contribution in [-0.4, -0.2) is 43.9 Å². The van der Waals surface area contributed by atoms with Crippen molar-refractivity contribution >= 4 is 46.4 Å². The number of carbonyl (C=O) groups excluding carboxylic acids is 2. The van der Waals surface area contributed by atoms with E-state index in [1.165, 1.54) is 16.8 Å². The summed E-state index contributed by atoms with van der Waals surface area (Å²) in [7, 11) is 1.69. The van der Waals surface area contributed by atoms with Crippen LogP contribution >= 0.6 is 23.2 Å². The largest absolute Gasteiger partial charge is 0.477 e. The minimum atomic E-state index is -1.48. The van der Waals surface area contributed by atoms with Gasteiger partial charge in [-0.1, -0.05) is 29.3 Å². The summed E-state index contributed by atoms with van der Waals surface area (Å²) in [4.78, 5) is 38.7. The average Bonchev–Trinajstić information content (AvgIpc) is 3.04. The van der Waals surface area contributed by atoms with Gasteiger partial charge < -0.3 is 10.0 Å². The maximum atomic E-state index is 12.7. The Morgan fingerprint density at radius 2 is 1.93 bits per heavy atom. The van der Waals surface area contributed by atoms with Gasteiger partial charge in [0.25, 0.3) is 0 Å². The van der Waals surface area contributed by atoms with Crippen LogP contribution in [0.25, 0.3) is 5.70 Å². The smallest absolute Gasteiger partial charge is 0.341 e. The molecular weight excluding hydrogens is 393 g/mol. The van der Waals surface area contributed by atoms with Crippen molar-refractivity contribution in [1.29, 1.82) is 0 Å².